The molecule has 29 heavy (non-hydrogen) atoms. The third-order valence-corrected chi connectivity index (χ3v) is 7.57. The van der Waals surface area contributed by atoms with E-state index < -0.39 is 15.9 Å². The van der Waals surface area contributed by atoms with Crippen LogP contribution in [-0.2, 0) is 10.0 Å². The molecule has 1 aromatic heterocycles. The molecule has 0 bridgehead atoms. The fourth-order valence-corrected chi connectivity index (χ4v) is 5.23. The average molecular weight is 429 g/mol. The molecule has 0 aliphatic heterocycles. The molecule has 1 heterocycles. The number of aromatic hydroxyl groups is 1. The first-order valence-electron chi connectivity index (χ1n) is 9.19. The van der Waals surface area contributed by atoms with Gasteiger partial charge in [-0.2, -0.15) is 0 Å². The molecule has 0 saturated heterocycles. The van der Waals surface area contributed by atoms with Crippen LogP contribution in [0.2, 0.25) is 0 Å². The van der Waals surface area contributed by atoms with Gasteiger partial charge in [0.2, 0.25) is 0 Å². The number of anilines is 1. The van der Waals surface area contributed by atoms with Gasteiger partial charge < -0.3 is 10.4 Å². The Hall–Kier alpha value is -2.84. The molecular formula is C21H20N2O4S2. The maximum atomic E-state index is 12.8. The van der Waals surface area contributed by atoms with Gasteiger partial charge in [0.25, 0.3) is 15.9 Å². The smallest absolute Gasteiger partial charge is 0.271 e. The van der Waals surface area contributed by atoms with Crippen molar-refractivity contribution in [1.29, 1.82) is 0 Å². The van der Waals surface area contributed by atoms with Crippen LogP contribution in [-0.4, -0.2) is 19.4 Å². The van der Waals surface area contributed by atoms with Crippen LogP contribution in [0.3, 0.4) is 0 Å². The molecule has 8 heteroatoms. The van der Waals surface area contributed by atoms with Gasteiger partial charge in [0.05, 0.1) is 17.3 Å². The Morgan fingerprint density at radius 1 is 1.07 bits per heavy atom. The largest absolute Gasteiger partial charge is 0.507 e. The van der Waals surface area contributed by atoms with E-state index in [-0.39, 0.29) is 27.3 Å². The highest BCUT2D eigenvalue weighted by Crippen LogP contribution is 2.41. The van der Waals surface area contributed by atoms with Crippen LogP contribution in [0, 0.1) is 5.92 Å². The van der Waals surface area contributed by atoms with Gasteiger partial charge in [0.15, 0.2) is 0 Å². The Kier molecular flexibility index (Phi) is 5.29. The fourth-order valence-electron chi connectivity index (χ4n) is 3.19. The summed E-state index contributed by atoms with van der Waals surface area (Å²) in [5.74, 6) is -0.284. The van der Waals surface area contributed by atoms with E-state index in [0.717, 1.165) is 29.7 Å². The van der Waals surface area contributed by atoms with Crippen molar-refractivity contribution >= 4 is 33.0 Å². The van der Waals surface area contributed by atoms with Crippen molar-refractivity contribution in [2.24, 2.45) is 5.92 Å². The predicted octanol–water partition coefficient (Wildman–Crippen LogP) is 4.14. The van der Waals surface area contributed by atoms with E-state index in [1.54, 1.807) is 11.4 Å². The number of thiophene rings is 1. The number of hydrogen-bond acceptors (Lipinski definition) is 5. The summed E-state index contributed by atoms with van der Waals surface area (Å²) in [6, 6.07) is 16.9. The Bertz CT molecular complexity index is 1110. The van der Waals surface area contributed by atoms with Crippen molar-refractivity contribution in [2.45, 2.75) is 23.1 Å². The van der Waals surface area contributed by atoms with E-state index in [2.05, 4.69) is 10.0 Å². The van der Waals surface area contributed by atoms with Crippen molar-refractivity contribution < 1.29 is 18.3 Å². The lowest BCUT2D eigenvalue weighted by Crippen LogP contribution is -2.30. The lowest BCUT2D eigenvalue weighted by molar-refractivity contribution is 0.0929. The van der Waals surface area contributed by atoms with Crippen molar-refractivity contribution in [3.05, 3.63) is 77.2 Å². The van der Waals surface area contributed by atoms with Crippen molar-refractivity contribution in [3.63, 3.8) is 0 Å². The zero-order chi connectivity index (χ0) is 20.4. The Morgan fingerprint density at radius 3 is 2.45 bits per heavy atom. The molecular weight excluding hydrogens is 408 g/mol. The molecule has 3 N–H and O–H groups in total. The summed E-state index contributed by atoms with van der Waals surface area (Å²) < 4.78 is 27.2. The average Bonchev–Trinajstić information content (AvgIpc) is 3.37. The molecule has 150 valence electrons. The first kappa shape index (κ1) is 19.5. The summed E-state index contributed by atoms with van der Waals surface area (Å²) in [5.41, 5.74) is 1.32. The summed E-state index contributed by atoms with van der Waals surface area (Å²) >= 11 is 1.10. The third kappa shape index (κ3) is 4.44. The molecule has 1 aliphatic rings. The third-order valence-electron chi connectivity index (χ3n) is 4.79. The number of carbonyl (C=O) groups excluding carboxylic acids is 1. The van der Waals surface area contributed by atoms with Crippen LogP contribution in [0.25, 0.3) is 0 Å². The number of sulfonamides is 1. The lowest BCUT2D eigenvalue weighted by Gasteiger charge is -2.19. The molecule has 1 fully saturated rings. The first-order chi connectivity index (χ1) is 13.9. The van der Waals surface area contributed by atoms with E-state index in [1.165, 1.54) is 24.3 Å². The van der Waals surface area contributed by atoms with E-state index in [1.807, 2.05) is 30.3 Å². The van der Waals surface area contributed by atoms with E-state index in [9.17, 15) is 18.3 Å². The summed E-state index contributed by atoms with van der Waals surface area (Å²) in [6.07, 6.45) is 2.10. The van der Waals surface area contributed by atoms with Gasteiger partial charge in [-0.15, -0.1) is 11.3 Å². The zero-order valence-electron chi connectivity index (χ0n) is 15.4. The standard InChI is InChI=1S/C21H20N2O4S2/c24-18-13-16(23-29(26,27)19-7-4-12-28-19)10-11-17(18)21(25)22-20(15-8-9-15)14-5-2-1-3-6-14/h1-7,10-13,15,20,23-24H,8-9H2,(H,22,25). The Balaban J connectivity index is 1.51. The number of nitrogens with one attached hydrogen (secondary N) is 2. The molecule has 3 aromatic rings. The van der Waals surface area contributed by atoms with Crippen LogP contribution in [0.1, 0.15) is 34.8 Å². The fraction of sp³-hybridized carbons (Fsp3) is 0.190. The highest BCUT2D eigenvalue weighted by Gasteiger charge is 2.33. The topological polar surface area (TPSA) is 95.5 Å². The van der Waals surface area contributed by atoms with Crippen LogP contribution >= 0.6 is 11.3 Å². The number of amides is 1. The molecule has 0 spiro atoms. The number of rotatable bonds is 7. The molecule has 0 radical (unpaired) electrons. The van der Waals surface area contributed by atoms with E-state index in [0.29, 0.717) is 5.92 Å². The second-order valence-corrected chi connectivity index (χ2v) is 9.83. The van der Waals surface area contributed by atoms with Gasteiger partial charge in [-0.3, -0.25) is 9.52 Å². The number of phenolic OH excluding ortho intramolecular Hbond substituents is 1. The van der Waals surface area contributed by atoms with Gasteiger partial charge in [0, 0.05) is 6.07 Å². The minimum Gasteiger partial charge on any atom is -0.507 e. The number of hydrogen-bond donors (Lipinski definition) is 3. The second kappa shape index (κ2) is 7.88. The maximum absolute atomic E-state index is 12.8. The Morgan fingerprint density at radius 2 is 1.83 bits per heavy atom. The molecule has 1 aliphatic carbocycles. The van der Waals surface area contributed by atoms with Gasteiger partial charge in [-0.1, -0.05) is 36.4 Å². The summed E-state index contributed by atoms with van der Waals surface area (Å²) in [6.45, 7) is 0. The molecule has 4 rings (SSSR count). The van der Waals surface area contributed by atoms with Gasteiger partial charge in [-0.05, 0) is 47.9 Å². The predicted molar refractivity (Wildman–Crippen MR) is 113 cm³/mol. The normalized spacial score (nSPS) is 14.9. The van der Waals surface area contributed by atoms with Gasteiger partial charge in [-0.25, -0.2) is 8.42 Å². The lowest BCUT2D eigenvalue weighted by atomic mass is 10.0. The monoisotopic (exact) mass is 428 g/mol. The summed E-state index contributed by atoms with van der Waals surface area (Å²) in [5, 5.41) is 15.0. The minimum atomic E-state index is -3.72. The van der Waals surface area contributed by atoms with Crippen molar-refractivity contribution in [3.8, 4) is 5.75 Å². The number of benzene rings is 2. The summed E-state index contributed by atoms with van der Waals surface area (Å²) in [7, 11) is -3.72. The summed E-state index contributed by atoms with van der Waals surface area (Å²) in [4.78, 5) is 12.8. The highest BCUT2D eigenvalue weighted by molar-refractivity contribution is 7.94. The van der Waals surface area contributed by atoms with Crippen molar-refractivity contribution in [1.82, 2.24) is 5.32 Å². The van der Waals surface area contributed by atoms with Crippen molar-refractivity contribution in [2.75, 3.05) is 4.72 Å². The van der Waals surface area contributed by atoms with Crippen LogP contribution in [0.4, 0.5) is 5.69 Å². The van der Waals surface area contributed by atoms with Crippen LogP contribution < -0.4 is 10.0 Å². The van der Waals surface area contributed by atoms with Crippen LogP contribution in [0.15, 0.2) is 70.3 Å². The molecule has 1 atom stereocenters. The SMILES string of the molecule is O=C(NC(c1ccccc1)C1CC1)c1ccc(NS(=O)(=O)c2cccs2)cc1O. The Labute approximate surface area is 173 Å². The quantitative estimate of drug-likeness (QED) is 0.527. The highest BCUT2D eigenvalue weighted by atomic mass is 32.2. The molecule has 1 amide bonds. The first-order valence-corrected chi connectivity index (χ1v) is 11.6. The van der Waals surface area contributed by atoms with Gasteiger partial charge in [0.1, 0.15) is 9.96 Å². The molecule has 6 nitrogen and oxygen atoms in total. The molecule has 1 saturated carbocycles. The second-order valence-electron chi connectivity index (χ2n) is 6.97. The molecule has 2 aromatic carbocycles. The number of carbonyl (C=O) groups is 1. The number of phenols is 1. The molecule has 1 unspecified atom stereocenters. The van der Waals surface area contributed by atoms with E-state index in [4.69, 9.17) is 0 Å². The van der Waals surface area contributed by atoms with E-state index >= 15 is 0 Å². The minimum absolute atomic E-state index is 0.102. The van der Waals surface area contributed by atoms with Gasteiger partial charge >= 0.3 is 0 Å². The maximum Gasteiger partial charge on any atom is 0.271 e. The van der Waals surface area contributed by atoms with Crippen LogP contribution in [0.5, 0.6) is 5.75 Å². The zero-order valence-corrected chi connectivity index (χ0v) is 17.0.